The van der Waals surface area contributed by atoms with Crippen molar-refractivity contribution in [1.82, 2.24) is 10.3 Å². The van der Waals surface area contributed by atoms with Crippen LogP contribution in [-0.2, 0) is 0 Å². The van der Waals surface area contributed by atoms with E-state index in [0.717, 1.165) is 22.8 Å². The van der Waals surface area contributed by atoms with Crippen LogP contribution in [0, 0.1) is 0 Å². The van der Waals surface area contributed by atoms with E-state index in [4.69, 9.17) is 0 Å². The maximum absolute atomic E-state index is 12.6. The zero-order valence-electron chi connectivity index (χ0n) is 12.4. The molecule has 1 aromatic heterocycles. The Bertz CT molecular complexity index is 564. The fourth-order valence-corrected chi connectivity index (χ4v) is 3.16. The van der Waals surface area contributed by atoms with Crippen LogP contribution in [-0.4, -0.2) is 11.5 Å². The van der Waals surface area contributed by atoms with E-state index in [0.29, 0.717) is 5.92 Å². The van der Waals surface area contributed by atoms with Crippen molar-refractivity contribution in [3.8, 4) is 0 Å². The predicted molar refractivity (Wildman–Crippen MR) is 83.1 cm³/mol. The summed E-state index contributed by atoms with van der Waals surface area (Å²) in [7, 11) is 0. The third kappa shape index (κ3) is 3.86. The van der Waals surface area contributed by atoms with Gasteiger partial charge in [-0.2, -0.15) is 0 Å². The van der Waals surface area contributed by atoms with Crippen molar-refractivity contribution in [1.29, 1.82) is 0 Å². The molecule has 0 aliphatic heterocycles. The molecule has 114 valence electrons. The van der Waals surface area contributed by atoms with Crippen LogP contribution < -0.4 is 5.32 Å². The summed E-state index contributed by atoms with van der Waals surface area (Å²) in [5.41, 5.74) is 2.09. The highest BCUT2D eigenvalue weighted by atomic mass is 32.1. The van der Waals surface area contributed by atoms with E-state index in [1.165, 1.54) is 12.1 Å². The Labute approximate surface area is 128 Å². The molecule has 0 saturated heterocycles. The summed E-state index contributed by atoms with van der Waals surface area (Å²) in [6.07, 6.45) is -2.43. The highest BCUT2D eigenvalue weighted by Gasteiger charge is 2.18. The van der Waals surface area contributed by atoms with Gasteiger partial charge in [-0.1, -0.05) is 45.0 Å². The van der Waals surface area contributed by atoms with Gasteiger partial charge in [0, 0.05) is 10.9 Å². The van der Waals surface area contributed by atoms with Gasteiger partial charge in [-0.25, -0.2) is 13.8 Å². The number of aromatic nitrogens is 1. The maximum atomic E-state index is 12.6. The van der Waals surface area contributed by atoms with Gasteiger partial charge >= 0.3 is 0 Å². The SMILES string of the molecule is CCNC(c1ccc(C(F)F)cc1)c1nc(C(C)C)cs1. The number of nitrogens with one attached hydrogen (secondary N) is 1. The topological polar surface area (TPSA) is 24.9 Å². The molecule has 0 radical (unpaired) electrons. The molecule has 1 unspecified atom stereocenters. The van der Waals surface area contributed by atoms with Crippen molar-refractivity contribution in [3.63, 3.8) is 0 Å². The first kappa shape index (κ1) is 16.0. The summed E-state index contributed by atoms with van der Waals surface area (Å²) in [5.74, 6) is 0.387. The van der Waals surface area contributed by atoms with Gasteiger partial charge < -0.3 is 5.32 Å². The first-order valence-corrected chi connectivity index (χ1v) is 7.97. The number of alkyl halides is 2. The molecule has 1 aromatic carbocycles. The standard InChI is InChI=1S/C16H20F2N2S/c1-4-19-14(16-20-13(9-21-16)10(2)3)11-5-7-12(8-6-11)15(17)18/h5-10,14-15,19H,4H2,1-3H3. The van der Waals surface area contributed by atoms with Gasteiger partial charge in [-0.05, 0) is 18.0 Å². The lowest BCUT2D eigenvalue weighted by Gasteiger charge is -2.16. The van der Waals surface area contributed by atoms with Gasteiger partial charge in [0.15, 0.2) is 0 Å². The van der Waals surface area contributed by atoms with Crippen molar-refractivity contribution in [3.05, 3.63) is 51.5 Å². The van der Waals surface area contributed by atoms with E-state index >= 15 is 0 Å². The molecule has 2 nitrogen and oxygen atoms in total. The smallest absolute Gasteiger partial charge is 0.263 e. The number of rotatable bonds is 6. The minimum absolute atomic E-state index is 0.0424. The third-order valence-electron chi connectivity index (χ3n) is 3.31. The fourth-order valence-electron chi connectivity index (χ4n) is 2.08. The lowest BCUT2D eigenvalue weighted by atomic mass is 10.0. The summed E-state index contributed by atoms with van der Waals surface area (Å²) in [6, 6.07) is 6.44. The Morgan fingerprint density at radius 2 is 1.76 bits per heavy atom. The molecule has 0 aliphatic carbocycles. The fraction of sp³-hybridized carbons (Fsp3) is 0.438. The van der Waals surface area contributed by atoms with E-state index in [1.807, 2.05) is 6.92 Å². The predicted octanol–water partition coefficient (Wildman–Crippen LogP) is 4.90. The summed E-state index contributed by atoms with van der Waals surface area (Å²) in [6.45, 7) is 7.03. The van der Waals surface area contributed by atoms with Gasteiger partial charge in [0.1, 0.15) is 5.01 Å². The number of halogens is 2. The molecule has 0 aliphatic rings. The molecule has 2 aromatic rings. The highest BCUT2D eigenvalue weighted by molar-refractivity contribution is 7.09. The van der Waals surface area contributed by atoms with Crippen LogP contribution in [0.15, 0.2) is 29.6 Å². The van der Waals surface area contributed by atoms with Crippen LogP contribution in [0.2, 0.25) is 0 Å². The molecule has 0 saturated carbocycles. The molecule has 2 rings (SSSR count). The summed E-state index contributed by atoms with van der Waals surface area (Å²) >= 11 is 1.61. The molecule has 0 spiro atoms. The van der Waals surface area contributed by atoms with Gasteiger partial charge in [0.2, 0.25) is 0 Å². The van der Waals surface area contributed by atoms with Crippen LogP contribution >= 0.6 is 11.3 Å². The van der Waals surface area contributed by atoms with Crippen molar-refractivity contribution in [2.45, 2.75) is 39.2 Å². The quantitative estimate of drug-likeness (QED) is 0.820. The Morgan fingerprint density at radius 1 is 1.14 bits per heavy atom. The Hall–Kier alpha value is -1.33. The monoisotopic (exact) mass is 310 g/mol. The first-order chi connectivity index (χ1) is 10.0. The maximum Gasteiger partial charge on any atom is 0.263 e. The number of hydrogen-bond donors (Lipinski definition) is 1. The average Bonchev–Trinajstić information content (AvgIpc) is 2.94. The molecule has 1 heterocycles. The zero-order valence-corrected chi connectivity index (χ0v) is 13.3. The highest BCUT2D eigenvalue weighted by Crippen LogP contribution is 2.29. The van der Waals surface area contributed by atoms with Crippen LogP contribution in [0.25, 0.3) is 0 Å². The van der Waals surface area contributed by atoms with Gasteiger partial charge in [-0.15, -0.1) is 11.3 Å². The molecular weight excluding hydrogens is 290 g/mol. The number of nitrogens with zero attached hydrogens (tertiary/aromatic N) is 1. The Morgan fingerprint density at radius 3 is 2.24 bits per heavy atom. The Balaban J connectivity index is 2.28. The van der Waals surface area contributed by atoms with Crippen LogP contribution in [0.3, 0.4) is 0 Å². The Kier molecular flexibility index (Phi) is 5.42. The largest absolute Gasteiger partial charge is 0.305 e. The third-order valence-corrected chi connectivity index (χ3v) is 4.24. The normalized spacial score (nSPS) is 13.1. The number of benzene rings is 1. The van der Waals surface area contributed by atoms with Crippen molar-refractivity contribution >= 4 is 11.3 Å². The summed E-state index contributed by atoms with van der Waals surface area (Å²) in [5, 5.41) is 6.42. The number of hydrogen-bond acceptors (Lipinski definition) is 3. The molecule has 21 heavy (non-hydrogen) atoms. The first-order valence-electron chi connectivity index (χ1n) is 7.09. The number of thiazole rings is 1. The minimum atomic E-state index is -2.43. The molecule has 0 fully saturated rings. The van der Waals surface area contributed by atoms with Crippen LogP contribution in [0.1, 0.15) is 61.0 Å². The second kappa shape index (κ2) is 7.09. The van der Waals surface area contributed by atoms with Gasteiger partial charge in [-0.3, -0.25) is 0 Å². The summed E-state index contributed by atoms with van der Waals surface area (Å²) in [4.78, 5) is 4.67. The average molecular weight is 310 g/mol. The minimum Gasteiger partial charge on any atom is -0.305 e. The molecule has 1 atom stereocenters. The second-order valence-electron chi connectivity index (χ2n) is 5.22. The van der Waals surface area contributed by atoms with E-state index in [9.17, 15) is 8.78 Å². The van der Waals surface area contributed by atoms with E-state index < -0.39 is 6.43 Å². The van der Waals surface area contributed by atoms with Crippen molar-refractivity contribution in [2.24, 2.45) is 0 Å². The molecule has 1 N–H and O–H groups in total. The summed E-state index contributed by atoms with van der Waals surface area (Å²) < 4.78 is 25.3. The van der Waals surface area contributed by atoms with Gasteiger partial charge in [0.05, 0.1) is 11.7 Å². The van der Waals surface area contributed by atoms with E-state index in [-0.39, 0.29) is 11.6 Å². The molecular formula is C16H20F2N2S. The van der Waals surface area contributed by atoms with E-state index in [1.54, 1.807) is 23.5 Å². The zero-order chi connectivity index (χ0) is 15.4. The molecule has 0 amide bonds. The second-order valence-corrected chi connectivity index (χ2v) is 6.11. The lowest BCUT2D eigenvalue weighted by molar-refractivity contribution is 0.151. The van der Waals surface area contributed by atoms with Crippen LogP contribution in [0.5, 0.6) is 0 Å². The van der Waals surface area contributed by atoms with Gasteiger partial charge in [0.25, 0.3) is 6.43 Å². The van der Waals surface area contributed by atoms with Crippen LogP contribution in [0.4, 0.5) is 8.78 Å². The molecule has 5 heteroatoms. The molecule has 0 bridgehead atoms. The lowest BCUT2D eigenvalue weighted by Crippen LogP contribution is -2.22. The van der Waals surface area contributed by atoms with Crippen molar-refractivity contribution in [2.75, 3.05) is 6.54 Å². The van der Waals surface area contributed by atoms with Crippen molar-refractivity contribution < 1.29 is 8.78 Å². The van der Waals surface area contributed by atoms with E-state index in [2.05, 4.69) is 29.5 Å².